The van der Waals surface area contributed by atoms with Crippen molar-refractivity contribution in [2.75, 3.05) is 31.1 Å². The Labute approximate surface area is 140 Å². The van der Waals surface area contributed by atoms with Gasteiger partial charge in [-0.3, -0.25) is 4.79 Å². The molecule has 4 heterocycles. The van der Waals surface area contributed by atoms with Gasteiger partial charge in [0, 0.05) is 26.2 Å². The second kappa shape index (κ2) is 5.92. The molecule has 3 aliphatic rings. The van der Waals surface area contributed by atoms with Gasteiger partial charge in [0.1, 0.15) is 11.5 Å². The Balaban J connectivity index is 1.46. The van der Waals surface area contributed by atoms with Crippen LogP contribution in [0, 0.1) is 0 Å². The van der Waals surface area contributed by atoms with E-state index in [1.807, 2.05) is 9.80 Å². The summed E-state index contributed by atoms with van der Waals surface area (Å²) in [4.78, 5) is 38.3. The molecule has 8 nitrogen and oxygen atoms in total. The van der Waals surface area contributed by atoms with Crippen molar-refractivity contribution in [3.63, 3.8) is 0 Å². The Morgan fingerprint density at radius 3 is 2.46 bits per heavy atom. The zero-order valence-corrected chi connectivity index (χ0v) is 13.6. The van der Waals surface area contributed by atoms with Gasteiger partial charge in [-0.25, -0.2) is 14.8 Å². The fraction of sp³-hybridized carbons (Fsp3) is 0.625. The highest BCUT2D eigenvalue weighted by molar-refractivity contribution is 5.90. The highest BCUT2D eigenvalue weighted by Crippen LogP contribution is 2.30. The highest BCUT2D eigenvalue weighted by atomic mass is 16.2. The molecule has 1 aromatic heterocycles. The maximum Gasteiger partial charge on any atom is 0.320 e. The number of carbonyl (C=O) groups is 2. The molecular weight excluding hydrogens is 308 g/mol. The second-order valence-corrected chi connectivity index (χ2v) is 6.79. The monoisotopic (exact) mass is 330 g/mol. The van der Waals surface area contributed by atoms with Crippen molar-refractivity contribution in [1.82, 2.24) is 19.8 Å². The zero-order valence-electron chi connectivity index (χ0n) is 13.6. The number of fused-ring (bicyclic) bond motifs is 1. The van der Waals surface area contributed by atoms with Crippen LogP contribution >= 0.6 is 0 Å². The lowest BCUT2D eigenvalue weighted by Crippen LogP contribution is -2.49. The smallest absolute Gasteiger partial charge is 0.320 e. The number of urea groups is 1. The van der Waals surface area contributed by atoms with Crippen molar-refractivity contribution in [3.05, 3.63) is 18.1 Å². The van der Waals surface area contributed by atoms with Crippen LogP contribution in [0.2, 0.25) is 0 Å². The molecule has 24 heavy (non-hydrogen) atoms. The third-order valence-electron chi connectivity index (χ3n) is 5.33. The molecule has 0 spiro atoms. The van der Waals surface area contributed by atoms with Crippen LogP contribution in [0.15, 0.2) is 12.4 Å². The summed E-state index contributed by atoms with van der Waals surface area (Å²) in [7, 11) is 0. The minimum absolute atomic E-state index is 0.169. The molecule has 0 saturated carbocycles. The van der Waals surface area contributed by atoms with Crippen molar-refractivity contribution in [3.8, 4) is 0 Å². The van der Waals surface area contributed by atoms with Crippen LogP contribution in [0.1, 0.15) is 36.2 Å². The third kappa shape index (κ3) is 2.55. The average molecular weight is 330 g/mol. The molecule has 128 valence electrons. The van der Waals surface area contributed by atoms with Crippen LogP contribution < -0.4 is 10.6 Å². The Hall–Kier alpha value is -2.38. The highest BCUT2D eigenvalue weighted by Gasteiger charge is 2.43. The van der Waals surface area contributed by atoms with Crippen LogP contribution in [0.4, 0.5) is 10.6 Å². The first-order chi connectivity index (χ1) is 11.6. The molecule has 0 bridgehead atoms. The molecular formula is C16H22N6O2. The van der Waals surface area contributed by atoms with E-state index in [0.717, 1.165) is 57.7 Å². The van der Waals surface area contributed by atoms with E-state index in [1.54, 1.807) is 6.20 Å². The second-order valence-electron chi connectivity index (χ2n) is 6.79. The van der Waals surface area contributed by atoms with Gasteiger partial charge in [-0.05, 0) is 25.7 Å². The number of primary amides is 1. The number of hydrogen-bond acceptors (Lipinski definition) is 5. The van der Waals surface area contributed by atoms with E-state index in [4.69, 9.17) is 5.73 Å². The van der Waals surface area contributed by atoms with Gasteiger partial charge in [-0.2, -0.15) is 0 Å². The molecule has 2 atom stereocenters. The molecule has 0 aromatic carbocycles. The standard InChI is InChI=1S/C16H22N6O2/c17-15(23)13-7-19-14(8-18-13)20-5-1-3-11(9-20)22-10-12-4-2-6-21(12)16(22)24/h7-8,11-12H,1-6,9-10H2,(H2,17,23). The molecule has 3 fully saturated rings. The van der Waals surface area contributed by atoms with Gasteiger partial charge in [0.25, 0.3) is 5.91 Å². The van der Waals surface area contributed by atoms with Crippen molar-refractivity contribution in [2.24, 2.45) is 5.73 Å². The van der Waals surface area contributed by atoms with Gasteiger partial charge in [0.2, 0.25) is 0 Å². The summed E-state index contributed by atoms with van der Waals surface area (Å²) in [6, 6.07) is 0.816. The molecule has 3 amide bonds. The van der Waals surface area contributed by atoms with Crippen molar-refractivity contribution in [1.29, 1.82) is 0 Å². The van der Waals surface area contributed by atoms with E-state index in [-0.39, 0.29) is 17.8 Å². The van der Waals surface area contributed by atoms with Gasteiger partial charge in [0.15, 0.2) is 0 Å². The lowest BCUT2D eigenvalue weighted by molar-refractivity contribution is 0.0995. The number of piperidine rings is 1. The minimum atomic E-state index is -0.575. The summed E-state index contributed by atoms with van der Waals surface area (Å²) in [6.45, 7) is 3.40. The fourth-order valence-electron chi connectivity index (χ4n) is 4.08. The van der Waals surface area contributed by atoms with Gasteiger partial charge < -0.3 is 20.4 Å². The average Bonchev–Trinajstić information content (AvgIpc) is 3.18. The Bertz CT molecular complexity index is 648. The van der Waals surface area contributed by atoms with E-state index in [1.165, 1.54) is 6.20 Å². The summed E-state index contributed by atoms with van der Waals surface area (Å²) < 4.78 is 0. The number of hydrogen-bond donors (Lipinski definition) is 1. The first-order valence-corrected chi connectivity index (χ1v) is 8.57. The molecule has 4 rings (SSSR count). The van der Waals surface area contributed by atoms with Crippen LogP contribution in [0.3, 0.4) is 0 Å². The van der Waals surface area contributed by atoms with E-state index >= 15 is 0 Å². The summed E-state index contributed by atoms with van der Waals surface area (Å²) in [5.74, 6) is 0.158. The van der Waals surface area contributed by atoms with Crippen LogP contribution in [0.25, 0.3) is 0 Å². The molecule has 2 unspecified atom stereocenters. The summed E-state index contributed by atoms with van der Waals surface area (Å²) in [6.07, 6.45) is 7.29. The molecule has 2 N–H and O–H groups in total. The van der Waals surface area contributed by atoms with Crippen LogP contribution in [0.5, 0.6) is 0 Å². The SMILES string of the molecule is NC(=O)c1cnc(N2CCCC(N3CC4CCCN4C3=O)C2)cn1. The Morgan fingerprint density at radius 1 is 1.04 bits per heavy atom. The summed E-state index contributed by atoms with van der Waals surface area (Å²) in [5, 5.41) is 0. The van der Waals surface area contributed by atoms with E-state index in [2.05, 4.69) is 14.9 Å². The normalized spacial score (nSPS) is 26.8. The lowest BCUT2D eigenvalue weighted by Gasteiger charge is -2.38. The van der Waals surface area contributed by atoms with Crippen molar-refractivity contribution >= 4 is 17.8 Å². The third-order valence-corrected chi connectivity index (χ3v) is 5.33. The summed E-state index contributed by atoms with van der Waals surface area (Å²) in [5.41, 5.74) is 5.37. The predicted octanol–water partition coefficient (Wildman–Crippen LogP) is 0.444. The van der Waals surface area contributed by atoms with Gasteiger partial charge in [-0.1, -0.05) is 0 Å². The molecule has 8 heteroatoms. The van der Waals surface area contributed by atoms with E-state index in [0.29, 0.717) is 6.04 Å². The number of carbonyl (C=O) groups excluding carboxylic acids is 2. The number of rotatable bonds is 3. The van der Waals surface area contributed by atoms with E-state index in [9.17, 15) is 9.59 Å². The van der Waals surface area contributed by atoms with Gasteiger partial charge >= 0.3 is 6.03 Å². The van der Waals surface area contributed by atoms with Crippen LogP contribution in [-0.4, -0.2) is 70.0 Å². The number of nitrogens with two attached hydrogens (primary N) is 1. The van der Waals surface area contributed by atoms with Gasteiger partial charge in [0.05, 0.1) is 24.5 Å². The molecule has 1 aromatic rings. The maximum atomic E-state index is 12.6. The Morgan fingerprint density at radius 2 is 1.79 bits per heavy atom. The topological polar surface area (TPSA) is 95.7 Å². The fourth-order valence-corrected chi connectivity index (χ4v) is 4.08. The van der Waals surface area contributed by atoms with Crippen molar-refractivity contribution in [2.45, 2.75) is 37.8 Å². The minimum Gasteiger partial charge on any atom is -0.364 e. The molecule has 3 saturated heterocycles. The Kier molecular flexibility index (Phi) is 3.74. The van der Waals surface area contributed by atoms with Gasteiger partial charge in [-0.15, -0.1) is 0 Å². The first kappa shape index (κ1) is 15.2. The quantitative estimate of drug-likeness (QED) is 0.868. The number of aromatic nitrogens is 2. The number of anilines is 1. The number of nitrogens with zero attached hydrogens (tertiary/aromatic N) is 5. The lowest BCUT2D eigenvalue weighted by atomic mass is 10.0. The molecule has 0 aliphatic carbocycles. The summed E-state index contributed by atoms with van der Waals surface area (Å²) >= 11 is 0. The predicted molar refractivity (Wildman–Crippen MR) is 87.6 cm³/mol. The maximum absolute atomic E-state index is 12.6. The first-order valence-electron chi connectivity index (χ1n) is 8.57. The zero-order chi connectivity index (χ0) is 16.7. The van der Waals surface area contributed by atoms with Crippen LogP contribution in [-0.2, 0) is 0 Å². The molecule has 0 radical (unpaired) electrons. The van der Waals surface area contributed by atoms with E-state index < -0.39 is 5.91 Å². The largest absolute Gasteiger partial charge is 0.364 e. The molecule has 3 aliphatic heterocycles. The number of amides is 3. The van der Waals surface area contributed by atoms with Crippen molar-refractivity contribution < 1.29 is 9.59 Å².